The lowest BCUT2D eigenvalue weighted by atomic mass is 10.2. The second kappa shape index (κ2) is 10.2. The molecule has 2 aromatic heterocycles. The molecule has 0 spiro atoms. The molecule has 32 heavy (non-hydrogen) atoms. The molecule has 0 fully saturated rings. The van der Waals surface area contributed by atoms with Gasteiger partial charge in [-0.25, -0.2) is 4.68 Å². The van der Waals surface area contributed by atoms with Crippen molar-refractivity contribution in [2.75, 3.05) is 27.2 Å². The molecule has 2 heterocycles. The van der Waals surface area contributed by atoms with E-state index in [2.05, 4.69) is 25.5 Å². The molecule has 1 N–H and O–H groups in total. The Morgan fingerprint density at radius 2 is 1.91 bits per heavy atom. The van der Waals surface area contributed by atoms with Gasteiger partial charge in [0.1, 0.15) is 0 Å². The number of carbonyl (C=O) groups excluding carboxylic acids is 1. The van der Waals surface area contributed by atoms with Crippen molar-refractivity contribution in [2.45, 2.75) is 19.1 Å². The maximum atomic E-state index is 13.7. The molecule has 1 amide bonds. The summed E-state index contributed by atoms with van der Waals surface area (Å²) >= 11 is 0. The molecule has 0 radical (unpaired) electrons. The van der Waals surface area contributed by atoms with Gasteiger partial charge < -0.3 is 15.0 Å². The Morgan fingerprint density at radius 1 is 1.16 bits per heavy atom. The van der Waals surface area contributed by atoms with E-state index in [0.29, 0.717) is 17.6 Å². The first-order chi connectivity index (χ1) is 15.3. The second-order valence-corrected chi connectivity index (χ2v) is 7.08. The highest BCUT2D eigenvalue weighted by Crippen LogP contribution is 2.33. The van der Waals surface area contributed by atoms with Crippen LogP contribution in [-0.4, -0.2) is 58.0 Å². The average Bonchev–Trinajstić information content (AvgIpc) is 3.23. The third-order valence-electron chi connectivity index (χ3n) is 4.63. The zero-order chi connectivity index (χ0) is 23.1. The molecule has 11 heteroatoms. The Kier molecular flexibility index (Phi) is 7.41. The predicted molar refractivity (Wildman–Crippen MR) is 110 cm³/mol. The molecule has 0 aliphatic rings. The minimum Gasteiger partial charge on any atom is -0.480 e. The van der Waals surface area contributed by atoms with Crippen LogP contribution in [0.1, 0.15) is 28.0 Å². The molecule has 0 aliphatic carbocycles. The molecule has 1 aromatic carbocycles. The maximum absolute atomic E-state index is 13.7. The maximum Gasteiger partial charge on any atom is 0.434 e. The number of nitrogens with zero attached hydrogens (tertiary/aromatic N) is 5. The molecule has 0 bridgehead atoms. The molecule has 0 aliphatic heterocycles. The van der Waals surface area contributed by atoms with Gasteiger partial charge in [-0.05, 0) is 31.6 Å². The van der Waals surface area contributed by atoms with Crippen LogP contribution in [0.3, 0.4) is 0 Å². The van der Waals surface area contributed by atoms with E-state index in [0.717, 1.165) is 18.3 Å². The van der Waals surface area contributed by atoms with Gasteiger partial charge in [0.2, 0.25) is 5.88 Å². The number of rotatable bonds is 9. The lowest BCUT2D eigenvalue weighted by molar-refractivity contribution is -0.143. The monoisotopic (exact) mass is 448 g/mol. The first-order valence-electron chi connectivity index (χ1n) is 9.83. The fourth-order valence-electron chi connectivity index (χ4n) is 3.12. The van der Waals surface area contributed by atoms with Crippen LogP contribution < -0.4 is 10.1 Å². The first-order valence-corrected chi connectivity index (χ1v) is 9.83. The third-order valence-corrected chi connectivity index (χ3v) is 4.63. The standard InChI is InChI=1S/C21H23F3N6O2/c1-29(14-15-7-4-3-5-8-15)12-6-11-25-20(31)16-13-26-30(19(16)21(22,23)24)17-9-10-18(32-2)28-27-17/h3-5,7-10,13H,6,11-12,14H2,1-2H3,(H,25,31). The van der Waals surface area contributed by atoms with E-state index < -0.39 is 23.3 Å². The number of amides is 1. The summed E-state index contributed by atoms with van der Waals surface area (Å²) in [4.78, 5) is 14.5. The molecule has 170 valence electrons. The summed E-state index contributed by atoms with van der Waals surface area (Å²) in [6.07, 6.45) is -3.36. The minimum absolute atomic E-state index is 0.143. The summed E-state index contributed by atoms with van der Waals surface area (Å²) in [5.41, 5.74) is -0.633. The van der Waals surface area contributed by atoms with Crippen molar-refractivity contribution in [3.63, 3.8) is 0 Å². The average molecular weight is 448 g/mol. The fraction of sp³-hybridized carbons (Fsp3) is 0.333. The van der Waals surface area contributed by atoms with Gasteiger partial charge >= 0.3 is 6.18 Å². The van der Waals surface area contributed by atoms with Gasteiger partial charge in [-0.3, -0.25) is 4.79 Å². The SMILES string of the molecule is COc1ccc(-n2ncc(C(=O)NCCCN(C)Cc3ccccc3)c2C(F)(F)F)nn1. The number of benzene rings is 1. The highest BCUT2D eigenvalue weighted by molar-refractivity contribution is 5.95. The summed E-state index contributed by atoms with van der Waals surface area (Å²) in [7, 11) is 3.30. The van der Waals surface area contributed by atoms with E-state index in [-0.39, 0.29) is 18.2 Å². The van der Waals surface area contributed by atoms with Gasteiger partial charge in [0.05, 0.1) is 18.9 Å². The molecule has 3 rings (SSSR count). The summed E-state index contributed by atoms with van der Waals surface area (Å²) in [6, 6.07) is 12.5. The molecular weight excluding hydrogens is 425 g/mol. The van der Waals surface area contributed by atoms with Crippen molar-refractivity contribution in [3.8, 4) is 11.7 Å². The number of aromatic nitrogens is 4. The van der Waals surface area contributed by atoms with Gasteiger partial charge in [0.25, 0.3) is 5.91 Å². The Hall–Kier alpha value is -3.47. The van der Waals surface area contributed by atoms with E-state index >= 15 is 0 Å². The number of ether oxygens (including phenoxy) is 1. The van der Waals surface area contributed by atoms with E-state index in [1.54, 1.807) is 0 Å². The number of carbonyl (C=O) groups is 1. The van der Waals surface area contributed by atoms with Crippen LogP contribution in [0.15, 0.2) is 48.7 Å². The van der Waals surface area contributed by atoms with Gasteiger partial charge in [-0.1, -0.05) is 30.3 Å². The van der Waals surface area contributed by atoms with Crippen LogP contribution >= 0.6 is 0 Å². The number of hydrogen-bond acceptors (Lipinski definition) is 6. The largest absolute Gasteiger partial charge is 0.480 e. The number of methoxy groups -OCH3 is 1. The number of hydrogen-bond donors (Lipinski definition) is 1. The lowest BCUT2D eigenvalue weighted by Crippen LogP contribution is -2.30. The van der Waals surface area contributed by atoms with Crippen LogP contribution in [-0.2, 0) is 12.7 Å². The van der Waals surface area contributed by atoms with E-state index in [1.807, 2.05) is 37.4 Å². The summed E-state index contributed by atoms with van der Waals surface area (Å²) in [6.45, 7) is 1.63. The number of nitrogens with one attached hydrogen (secondary N) is 1. The molecule has 0 unspecified atom stereocenters. The molecule has 8 nitrogen and oxygen atoms in total. The zero-order valence-electron chi connectivity index (χ0n) is 17.6. The van der Waals surface area contributed by atoms with Gasteiger partial charge in [0, 0.05) is 19.2 Å². The molecule has 0 atom stereocenters. The van der Waals surface area contributed by atoms with E-state index in [1.165, 1.54) is 19.2 Å². The van der Waals surface area contributed by atoms with Crippen LogP contribution in [0.2, 0.25) is 0 Å². The Morgan fingerprint density at radius 3 is 2.53 bits per heavy atom. The van der Waals surface area contributed by atoms with Crippen molar-refractivity contribution in [1.82, 2.24) is 30.2 Å². The van der Waals surface area contributed by atoms with Crippen molar-refractivity contribution in [2.24, 2.45) is 0 Å². The van der Waals surface area contributed by atoms with Crippen LogP contribution in [0.4, 0.5) is 13.2 Å². The Balaban J connectivity index is 1.62. The van der Waals surface area contributed by atoms with E-state index in [9.17, 15) is 18.0 Å². The van der Waals surface area contributed by atoms with Crippen LogP contribution in [0.5, 0.6) is 5.88 Å². The smallest absolute Gasteiger partial charge is 0.434 e. The topological polar surface area (TPSA) is 85.2 Å². The molecule has 0 saturated carbocycles. The summed E-state index contributed by atoms with van der Waals surface area (Å²) < 4.78 is 46.6. The molecular formula is C21H23F3N6O2. The second-order valence-electron chi connectivity index (χ2n) is 7.08. The first kappa shape index (κ1) is 23.2. The molecule has 0 saturated heterocycles. The number of halogens is 3. The minimum atomic E-state index is -4.82. The van der Waals surface area contributed by atoms with Gasteiger partial charge in [-0.2, -0.15) is 18.3 Å². The fourth-order valence-corrected chi connectivity index (χ4v) is 3.12. The highest BCUT2D eigenvalue weighted by Gasteiger charge is 2.40. The predicted octanol–water partition coefficient (Wildman–Crippen LogP) is 2.94. The normalized spacial score (nSPS) is 11.6. The van der Waals surface area contributed by atoms with Crippen LogP contribution in [0.25, 0.3) is 5.82 Å². The van der Waals surface area contributed by atoms with Crippen molar-refractivity contribution >= 4 is 5.91 Å². The quantitative estimate of drug-likeness (QED) is 0.507. The summed E-state index contributed by atoms with van der Waals surface area (Å²) in [5.74, 6) is -0.889. The van der Waals surface area contributed by atoms with Gasteiger partial charge in [0.15, 0.2) is 11.5 Å². The van der Waals surface area contributed by atoms with Crippen molar-refractivity contribution < 1.29 is 22.7 Å². The highest BCUT2D eigenvalue weighted by atomic mass is 19.4. The number of alkyl halides is 3. The third kappa shape index (κ3) is 5.82. The lowest BCUT2D eigenvalue weighted by Gasteiger charge is -2.17. The van der Waals surface area contributed by atoms with E-state index in [4.69, 9.17) is 4.74 Å². The van der Waals surface area contributed by atoms with Crippen molar-refractivity contribution in [3.05, 3.63) is 65.5 Å². The molecule has 3 aromatic rings. The Labute approximate surface area is 183 Å². The Bertz CT molecular complexity index is 1020. The zero-order valence-corrected chi connectivity index (χ0v) is 17.6. The van der Waals surface area contributed by atoms with Crippen molar-refractivity contribution in [1.29, 1.82) is 0 Å². The van der Waals surface area contributed by atoms with Crippen LogP contribution in [0, 0.1) is 0 Å². The van der Waals surface area contributed by atoms with Gasteiger partial charge in [-0.15, -0.1) is 10.2 Å². The summed E-state index contributed by atoms with van der Waals surface area (Å²) in [5, 5.41) is 13.6.